The van der Waals surface area contributed by atoms with Crippen molar-refractivity contribution in [2.45, 2.75) is 40.0 Å². The molecule has 0 spiro atoms. The minimum Gasteiger partial charge on any atom is -0.330 e. The molecule has 0 saturated carbocycles. The van der Waals surface area contributed by atoms with Crippen molar-refractivity contribution >= 4 is 23.2 Å². The number of carbonyl (C=O) groups is 1. The summed E-state index contributed by atoms with van der Waals surface area (Å²) in [5.41, 5.74) is 7.15. The molecule has 1 aromatic rings. The third-order valence-electron chi connectivity index (χ3n) is 3.52. The Kier molecular flexibility index (Phi) is 6.96. The van der Waals surface area contributed by atoms with Gasteiger partial charge in [-0.05, 0) is 49.8 Å². The molecule has 112 valence electrons. The van der Waals surface area contributed by atoms with Crippen LogP contribution in [0.25, 0.3) is 0 Å². The first-order chi connectivity index (χ1) is 9.43. The van der Waals surface area contributed by atoms with Gasteiger partial charge in [0.15, 0.2) is 0 Å². The van der Waals surface area contributed by atoms with E-state index in [0.29, 0.717) is 35.6 Å². The van der Waals surface area contributed by atoms with Gasteiger partial charge in [0, 0.05) is 6.42 Å². The van der Waals surface area contributed by atoms with E-state index in [4.69, 9.17) is 17.3 Å². The second-order valence-electron chi connectivity index (χ2n) is 5.50. The van der Waals surface area contributed by atoms with Crippen molar-refractivity contribution in [1.29, 1.82) is 0 Å². The van der Waals surface area contributed by atoms with Gasteiger partial charge in [-0.15, -0.1) is 0 Å². The standard InChI is InChI=1S/C15H24ClN3O/c1-10(2)12(6-7-17)4-5-14(20)19-13-8-11(3)15(16)18-9-13/h8-10,12H,4-7,17H2,1-3H3,(H,19,20). The van der Waals surface area contributed by atoms with E-state index >= 15 is 0 Å². The zero-order valence-electron chi connectivity index (χ0n) is 12.4. The highest BCUT2D eigenvalue weighted by atomic mass is 35.5. The summed E-state index contributed by atoms with van der Waals surface area (Å²) in [4.78, 5) is 16.0. The molecular weight excluding hydrogens is 274 g/mol. The topological polar surface area (TPSA) is 68.0 Å². The van der Waals surface area contributed by atoms with Crippen molar-refractivity contribution in [2.75, 3.05) is 11.9 Å². The van der Waals surface area contributed by atoms with E-state index in [9.17, 15) is 4.79 Å². The highest BCUT2D eigenvalue weighted by Gasteiger charge is 2.14. The molecule has 0 aliphatic carbocycles. The first kappa shape index (κ1) is 16.9. The molecule has 1 atom stereocenters. The minimum atomic E-state index is 0.0104. The Bertz CT molecular complexity index is 449. The number of halogens is 1. The Labute approximate surface area is 126 Å². The van der Waals surface area contributed by atoms with Crippen LogP contribution < -0.4 is 11.1 Å². The van der Waals surface area contributed by atoms with Crippen LogP contribution in [0.2, 0.25) is 5.15 Å². The molecule has 0 radical (unpaired) electrons. The largest absolute Gasteiger partial charge is 0.330 e. The predicted octanol–water partition coefficient (Wildman–Crippen LogP) is 3.38. The number of nitrogens with one attached hydrogen (secondary N) is 1. The first-order valence-electron chi connectivity index (χ1n) is 7.06. The number of nitrogens with two attached hydrogens (primary N) is 1. The van der Waals surface area contributed by atoms with Gasteiger partial charge >= 0.3 is 0 Å². The van der Waals surface area contributed by atoms with Gasteiger partial charge in [0.25, 0.3) is 0 Å². The van der Waals surface area contributed by atoms with Crippen LogP contribution >= 0.6 is 11.6 Å². The zero-order valence-corrected chi connectivity index (χ0v) is 13.2. The minimum absolute atomic E-state index is 0.0104. The average Bonchev–Trinajstić information content (AvgIpc) is 2.38. The smallest absolute Gasteiger partial charge is 0.224 e. The van der Waals surface area contributed by atoms with E-state index in [1.54, 1.807) is 6.20 Å². The zero-order chi connectivity index (χ0) is 15.1. The molecule has 0 fully saturated rings. The number of pyridine rings is 1. The van der Waals surface area contributed by atoms with Crippen molar-refractivity contribution in [1.82, 2.24) is 4.98 Å². The van der Waals surface area contributed by atoms with Crippen LogP contribution in [0.3, 0.4) is 0 Å². The van der Waals surface area contributed by atoms with Gasteiger partial charge in [-0.25, -0.2) is 4.98 Å². The van der Waals surface area contributed by atoms with Gasteiger partial charge < -0.3 is 11.1 Å². The number of anilines is 1. The summed E-state index contributed by atoms with van der Waals surface area (Å²) in [6, 6.07) is 1.83. The molecule has 1 amide bonds. The number of carbonyl (C=O) groups excluding carboxylic acids is 1. The maximum atomic E-state index is 11.9. The fourth-order valence-corrected chi connectivity index (χ4v) is 2.29. The lowest BCUT2D eigenvalue weighted by molar-refractivity contribution is -0.116. The maximum absolute atomic E-state index is 11.9. The first-order valence-corrected chi connectivity index (χ1v) is 7.44. The third-order valence-corrected chi connectivity index (χ3v) is 3.92. The van der Waals surface area contributed by atoms with Crippen LogP contribution in [0.4, 0.5) is 5.69 Å². The van der Waals surface area contributed by atoms with Crippen LogP contribution in [0.1, 0.15) is 38.7 Å². The molecule has 0 aromatic carbocycles. The summed E-state index contributed by atoms with van der Waals surface area (Å²) in [7, 11) is 0. The van der Waals surface area contributed by atoms with Gasteiger partial charge in [-0.2, -0.15) is 0 Å². The van der Waals surface area contributed by atoms with E-state index in [0.717, 1.165) is 18.4 Å². The Morgan fingerprint density at radius 1 is 1.45 bits per heavy atom. The quantitative estimate of drug-likeness (QED) is 0.758. The second kappa shape index (κ2) is 8.22. The van der Waals surface area contributed by atoms with Crippen LogP contribution in [-0.2, 0) is 4.79 Å². The van der Waals surface area contributed by atoms with Crippen LogP contribution in [0, 0.1) is 18.8 Å². The molecule has 4 nitrogen and oxygen atoms in total. The molecule has 20 heavy (non-hydrogen) atoms. The van der Waals surface area contributed by atoms with Gasteiger partial charge in [-0.3, -0.25) is 4.79 Å². The molecule has 0 bridgehead atoms. The summed E-state index contributed by atoms with van der Waals surface area (Å²) >= 11 is 5.85. The number of aromatic nitrogens is 1. The van der Waals surface area contributed by atoms with Crippen LogP contribution in [-0.4, -0.2) is 17.4 Å². The lowest BCUT2D eigenvalue weighted by atomic mass is 9.88. The van der Waals surface area contributed by atoms with Crippen LogP contribution in [0.5, 0.6) is 0 Å². The lowest BCUT2D eigenvalue weighted by Crippen LogP contribution is -2.18. The summed E-state index contributed by atoms with van der Waals surface area (Å²) in [5.74, 6) is 1.05. The van der Waals surface area contributed by atoms with Gasteiger partial charge in [0.05, 0.1) is 11.9 Å². The molecule has 5 heteroatoms. The van der Waals surface area contributed by atoms with Crippen molar-refractivity contribution in [3.8, 4) is 0 Å². The van der Waals surface area contributed by atoms with E-state index in [1.165, 1.54) is 0 Å². The Hall–Kier alpha value is -1.13. The summed E-state index contributed by atoms with van der Waals surface area (Å²) < 4.78 is 0. The molecule has 1 heterocycles. The van der Waals surface area contributed by atoms with E-state index in [-0.39, 0.29) is 5.91 Å². The fourth-order valence-electron chi connectivity index (χ4n) is 2.19. The van der Waals surface area contributed by atoms with E-state index in [1.807, 2.05) is 13.0 Å². The van der Waals surface area contributed by atoms with Gasteiger partial charge in [0.1, 0.15) is 5.15 Å². The molecule has 3 N–H and O–H groups in total. The number of nitrogens with zero attached hydrogens (tertiary/aromatic N) is 1. The second-order valence-corrected chi connectivity index (χ2v) is 5.86. The lowest BCUT2D eigenvalue weighted by Gasteiger charge is -2.19. The Balaban J connectivity index is 2.48. The number of rotatable bonds is 7. The Morgan fingerprint density at radius 3 is 2.70 bits per heavy atom. The molecular formula is C15H24ClN3O. The number of amides is 1. The fraction of sp³-hybridized carbons (Fsp3) is 0.600. The van der Waals surface area contributed by atoms with E-state index < -0.39 is 0 Å². The molecule has 0 saturated heterocycles. The third kappa shape index (κ3) is 5.47. The maximum Gasteiger partial charge on any atom is 0.224 e. The normalized spacial score (nSPS) is 12.5. The molecule has 1 aromatic heterocycles. The molecule has 1 unspecified atom stereocenters. The summed E-state index contributed by atoms with van der Waals surface area (Å²) in [6.45, 7) is 6.88. The van der Waals surface area contributed by atoms with E-state index in [2.05, 4.69) is 24.1 Å². The summed E-state index contributed by atoms with van der Waals surface area (Å²) in [5, 5.41) is 3.32. The number of hydrogen-bond donors (Lipinski definition) is 2. The molecule has 0 aliphatic heterocycles. The number of aryl methyl sites for hydroxylation is 1. The predicted molar refractivity (Wildman–Crippen MR) is 83.8 cm³/mol. The number of hydrogen-bond acceptors (Lipinski definition) is 3. The Morgan fingerprint density at radius 2 is 2.15 bits per heavy atom. The highest BCUT2D eigenvalue weighted by molar-refractivity contribution is 6.30. The summed E-state index contributed by atoms with van der Waals surface area (Å²) in [6.07, 6.45) is 3.91. The van der Waals surface area contributed by atoms with Crippen molar-refractivity contribution in [3.05, 3.63) is 23.0 Å². The highest BCUT2D eigenvalue weighted by Crippen LogP contribution is 2.21. The monoisotopic (exact) mass is 297 g/mol. The van der Waals surface area contributed by atoms with Crippen molar-refractivity contribution in [2.24, 2.45) is 17.6 Å². The van der Waals surface area contributed by atoms with Crippen LogP contribution in [0.15, 0.2) is 12.3 Å². The van der Waals surface area contributed by atoms with Gasteiger partial charge in [-0.1, -0.05) is 25.4 Å². The average molecular weight is 298 g/mol. The molecule has 0 aliphatic rings. The van der Waals surface area contributed by atoms with Gasteiger partial charge in [0.2, 0.25) is 5.91 Å². The SMILES string of the molecule is Cc1cc(NC(=O)CCC(CCN)C(C)C)cnc1Cl. The van der Waals surface area contributed by atoms with Crippen molar-refractivity contribution < 1.29 is 4.79 Å². The van der Waals surface area contributed by atoms with Crippen molar-refractivity contribution in [3.63, 3.8) is 0 Å². The molecule has 1 rings (SSSR count).